The molecular formula is C46H80F5LiNO19PdS-. The molecule has 1 aromatic carbocycles. The molecule has 0 aromatic heterocycles. The van der Waals surface area contributed by atoms with Crippen LogP contribution in [-0.2, 0) is 98.3 Å². The Morgan fingerprint density at radius 2 is 1.09 bits per heavy atom. The summed E-state index contributed by atoms with van der Waals surface area (Å²) in [4.78, 5) is 44.2. The summed E-state index contributed by atoms with van der Waals surface area (Å²) in [7, 11) is 6.66. The second-order valence-electron chi connectivity index (χ2n) is 16.1. The summed E-state index contributed by atoms with van der Waals surface area (Å²) in [5, 5.41) is 17.4. The minimum Gasteiger partial charge on any atom is -0.870 e. The number of halogens is 5. The predicted molar refractivity (Wildman–Crippen MR) is 253 cm³/mol. The number of ether oxygens (including phenoxy) is 11. The van der Waals surface area contributed by atoms with Crippen LogP contribution in [0.2, 0.25) is 0 Å². The molecule has 0 amide bonds. The molecule has 5 unspecified atom stereocenters. The molecule has 6 rings (SSSR count). The molecule has 1 aromatic rings. The van der Waals surface area contributed by atoms with Gasteiger partial charge >= 0.3 is 42.7 Å². The van der Waals surface area contributed by atoms with E-state index in [0.717, 1.165) is 31.4 Å². The molecule has 5 aliphatic heterocycles. The van der Waals surface area contributed by atoms with Crippen LogP contribution in [0.3, 0.4) is 0 Å². The molecule has 5 fully saturated rings. The van der Waals surface area contributed by atoms with Gasteiger partial charge in [0.1, 0.15) is 13.3 Å². The van der Waals surface area contributed by atoms with Crippen LogP contribution in [0.25, 0.3) is 0 Å². The molecule has 0 saturated carbocycles. The molecule has 5 saturated heterocycles. The quantitative estimate of drug-likeness (QED) is 0.0702. The standard InChI is InChI=1S/C14H18O4.C7H11FO3.C7H12O4.C6H14F3NO2S.C6H9FO3.C5H10O.CH3.Li.2H2O.Pd/c1-16-13(15)14(8-5-9-18-14)11-17-10-12-6-3-2-4-7-12;2*1-10-6(9)7(5-8)3-2-4-11-7;1-11-5-3-10(4-6-12-2)13(7,8)9;7-4-6(5(8)9)2-1-3-10-6;1-5-3-2-4-6-5;;;;;/h2-4,6-7H,5,8-11H2,1H3;2-5H2,1H3;8H,2-5H2,1H3;3-6H2,1-2H3;1-4H2,(H,8,9);5H,2-4H2,1H3;1H3;;2*1H2;/q;;;;;;-1;+1;;;/p-1. The summed E-state index contributed by atoms with van der Waals surface area (Å²) in [6, 6.07) is 9.85. The maximum Gasteiger partial charge on any atom is 1.00 e. The van der Waals surface area contributed by atoms with E-state index in [9.17, 15) is 39.6 Å². The number of esters is 3. The summed E-state index contributed by atoms with van der Waals surface area (Å²) in [5.41, 5.74) is -3.68. The van der Waals surface area contributed by atoms with E-state index < -0.39 is 65.0 Å². The number of nitrogens with zero attached hydrogens (tertiary/aromatic N) is 1. The van der Waals surface area contributed by atoms with Gasteiger partial charge in [-0.25, -0.2) is 28.0 Å². The van der Waals surface area contributed by atoms with E-state index in [2.05, 4.69) is 25.9 Å². The summed E-state index contributed by atoms with van der Waals surface area (Å²) in [5.74, 6) is -2.60. The Bertz CT molecular complexity index is 1530. The van der Waals surface area contributed by atoms with Gasteiger partial charge in [-0.15, -0.1) is 11.7 Å². The Morgan fingerprint density at radius 1 is 0.689 bits per heavy atom. The third-order valence-corrected chi connectivity index (χ3v) is 12.1. The van der Waals surface area contributed by atoms with Crippen LogP contribution in [0.15, 0.2) is 30.3 Å². The van der Waals surface area contributed by atoms with Gasteiger partial charge in [-0.05, 0) is 76.7 Å². The van der Waals surface area contributed by atoms with Gasteiger partial charge in [0.25, 0.3) is 11.4 Å². The SMILES string of the molecule is CC1CCCO1.COC(=O)C1(CF)CCCO1.COC(=O)C1(CO)CCCO1.COC(=O)C1(COCc2ccccc2)CCCO1.COCCN(CCOC)S(F)(F)F.O.O=C(O)C1(CF)CCCO1.[CH3-].[Li+].[OH-].[Pd]. The van der Waals surface area contributed by atoms with E-state index in [1.54, 1.807) is 0 Å². The Morgan fingerprint density at radius 3 is 1.39 bits per heavy atom. The maximum absolute atomic E-state index is 12.4. The monoisotopic (exact) mass is 1190 g/mol. The Kier molecular flexibility index (Phi) is 47.8. The first-order valence-electron chi connectivity index (χ1n) is 22.6. The van der Waals surface area contributed by atoms with E-state index in [0.29, 0.717) is 75.5 Å². The number of carboxylic acids is 1. The zero-order valence-corrected chi connectivity index (χ0v) is 46.3. The number of benzene rings is 1. The van der Waals surface area contributed by atoms with Gasteiger partial charge in [-0.3, -0.25) is 0 Å². The summed E-state index contributed by atoms with van der Waals surface area (Å²) < 4.78 is 116. The van der Waals surface area contributed by atoms with Crippen molar-refractivity contribution in [1.29, 1.82) is 0 Å². The molecule has 5 aliphatic rings. The third kappa shape index (κ3) is 28.0. The number of hydrogen-bond acceptors (Lipinski definition) is 18. The Labute approximate surface area is 460 Å². The van der Waals surface area contributed by atoms with Crippen LogP contribution in [0.1, 0.15) is 76.7 Å². The van der Waals surface area contributed by atoms with Gasteiger partial charge in [-0.1, -0.05) is 30.3 Å². The fourth-order valence-corrected chi connectivity index (χ4v) is 7.60. The zero-order valence-electron chi connectivity index (χ0n) is 44.0. The smallest absolute Gasteiger partial charge is 0.870 e. The van der Waals surface area contributed by atoms with Crippen molar-refractivity contribution in [3.8, 4) is 0 Å². The Balaban J connectivity index is -0.000000260. The first-order valence-corrected chi connectivity index (χ1v) is 23.8. The average Bonchev–Trinajstić information content (AvgIpc) is 4.24. The van der Waals surface area contributed by atoms with Crippen LogP contribution in [-0.4, -0.2) is 199 Å². The largest absolute Gasteiger partial charge is 1.00 e. The van der Waals surface area contributed by atoms with Crippen molar-refractivity contribution in [2.75, 3.05) is 121 Å². The number of carbonyl (C=O) groups excluding carboxylic acids is 3. The van der Waals surface area contributed by atoms with Crippen molar-refractivity contribution in [3.63, 3.8) is 0 Å². The van der Waals surface area contributed by atoms with Crippen molar-refractivity contribution in [2.24, 2.45) is 0 Å². The number of methoxy groups -OCH3 is 5. The molecule has 0 radical (unpaired) electrons. The molecule has 0 aliphatic carbocycles. The molecule has 436 valence electrons. The summed E-state index contributed by atoms with van der Waals surface area (Å²) in [6.45, 7) is 3.63. The van der Waals surface area contributed by atoms with E-state index >= 15 is 0 Å². The zero-order chi connectivity index (χ0) is 51.8. The molecule has 20 nitrogen and oxygen atoms in total. The van der Waals surface area contributed by atoms with E-state index in [-0.39, 0.29) is 103 Å². The minimum absolute atomic E-state index is 0. The van der Waals surface area contributed by atoms with Gasteiger partial charge in [0.15, 0.2) is 22.4 Å². The third-order valence-electron chi connectivity index (χ3n) is 11.1. The molecule has 74 heavy (non-hydrogen) atoms. The Hall–Kier alpha value is -2.12. The molecule has 28 heteroatoms. The van der Waals surface area contributed by atoms with Crippen molar-refractivity contribution in [2.45, 2.75) is 106 Å². The van der Waals surface area contributed by atoms with Gasteiger partial charge in [0.05, 0.1) is 60.5 Å². The van der Waals surface area contributed by atoms with Crippen LogP contribution >= 0.6 is 11.4 Å². The van der Waals surface area contributed by atoms with Crippen molar-refractivity contribution in [1.82, 2.24) is 4.31 Å². The van der Waals surface area contributed by atoms with Crippen LogP contribution in [0.5, 0.6) is 0 Å². The van der Waals surface area contributed by atoms with Crippen LogP contribution < -0.4 is 18.9 Å². The predicted octanol–water partition coefficient (Wildman–Crippen LogP) is 2.48. The fraction of sp³-hybridized carbons (Fsp3) is 0.761. The second kappa shape index (κ2) is 43.8. The number of rotatable bonds is 18. The van der Waals surface area contributed by atoms with Crippen LogP contribution in [0.4, 0.5) is 20.4 Å². The van der Waals surface area contributed by atoms with Crippen molar-refractivity contribution in [3.05, 3.63) is 43.3 Å². The number of aliphatic hydroxyl groups is 1. The van der Waals surface area contributed by atoms with Crippen molar-refractivity contribution >= 4 is 35.2 Å². The molecule has 0 bridgehead atoms. The molecular weight excluding hydrogens is 1110 g/mol. The number of alkyl halides is 2. The number of carbonyl (C=O) groups is 4. The topological polar surface area (TPSA) is 275 Å². The van der Waals surface area contributed by atoms with E-state index in [4.69, 9.17) is 43.4 Å². The first kappa shape index (κ1) is 80.7. The number of carboxylic acid groups (broad SMARTS) is 1. The summed E-state index contributed by atoms with van der Waals surface area (Å²) in [6.07, 6.45) is 8.03. The molecule has 5 atom stereocenters. The normalized spacial score (nSPS) is 24.2. The van der Waals surface area contributed by atoms with Gasteiger partial charge in [0, 0.05) is 80.8 Å². The summed E-state index contributed by atoms with van der Waals surface area (Å²) >= 11 is -5.14. The molecule has 5 heterocycles. The first-order chi connectivity index (χ1) is 32.9. The number of aliphatic carboxylic acids is 1. The van der Waals surface area contributed by atoms with Gasteiger partial charge in [0.2, 0.25) is 0 Å². The number of aliphatic hydroxyl groups excluding tert-OH is 1. The van der Waals surface area contributed by atoms with Gasteiger partial charge < -0.3 is 80.7 Å². The number of hydrogen-bond donors (Lipinski definition) is 2. The average molecular weight is 1190 g/mol. The maximum atomic E-state index is 12.4. The van der Waals surface area contributed by atoms with E-state index in [1.165, 1.54) is 48.4 Å². The second-order valence-corrected chi connectivity index (χ2v) is 17.4. The molecule has 5 N–H and O–H groups in total. The van der Waals surface area contributed by atoms with Crippen LogP contribution in [0, 0.1) is 7.43 Å². The van der Waals surface area contributed by atoms with Crippen molar-refractivity contribution < 1.29 is 152 Å². The van der Waals surface area contributed by atoms with E-state index in [1.807, 2.05) is 30.3 Å². The molecule has 0 spiro atoms. The minimum atomic E-state index is -5.14. The van der Waals surface area contributed by atoms with Gasteiger partial charge in [-0.2, -0.15) is 4.31 Å². The fourth-order valence-electron chi connectivity index (χ4n) is 7.04.